The highest BCUT2D eigenvalue weighted by atomic mass is 15.4. The molecular weight excluding hydrogens is 268 g/mol. The van der Waals surface area contributed by atoms with Gasteiger partial charge in [-0.15, -0.1) is 0 Å². The Bertz CT molecular complexity index is 960. The van der Waals surface area contributed by atoms with Crippen LogP contribution in [0.5, 0.6) is 0 Å². The van der Waals surface area contributed by atoms with Crippen molar-refractivity contribution in [2.24, 2.45) is 0 Å². The third kappa shape index (κ3) is 1.76. The maximum absolute atomic E-state index is 4.42. The fraction of sp³-hybridized carbons (Fsp3) is 0.231. The second-order valence-corrected chi connectivity index (χ2v) is 4.92. The number of aryl methyl sites for hydroxylation is 3. The van der Waals surface area contributed by atoms with Crippen molar-refractivity contribution in [2.45, 2.75) is 20.8 Å². The van der Waals surface area contributed by atoms with Gasteiger partial charge in [0, 0.05) is 11.4 Å². The first-order valence-electron chi connectivity index (χ1n) is 6.50. The Hall–Kier alpha value is -2.90. The summed E-state index contributed by atoms with van der Waals surface area (Å²) in [6.07, 6.45) is 3.34. The van der Waals surface area contributed by atoms with Gasteiger partial charge < -0.3 is 0 Å². The minimum absolute atomic E-state index is 0.510. The summed E-state index contributed by atoms with van der Waals surface area (Å²) < 4.78 is 3.27. The minimum atomic E-state index is 0.510. The normalized spacial score (nSPS) is 11.6. The minimum Gasteiger partial charge on any atom is -0.216 e. The largest absolute Gasteiger partial charge is 0.252 e. The highest BCUT2D eigenvalue weighted by Crippen LogP contribution is 2.18. The van der Waals surface area contributed by atoms with Gasteiger partial charge in [-0.05, 0) is 26.8 Å². The van der Waals surface area contributed by atoms with Crippen LogP contribution in [0, 0.1) is 20.8 Å². The van der Waals surface area contributed by atoms with Crippen LogP contribution < -0.4 is 0 Å². The van der Waals surface area contributed by atoms with Gasteiger partial charge in [0.1, 0.15) is 12.2 Å². The van der Waals surface area contributed by atoms with Gasteiger partial charge in [-0.3, -0.25) is 0 Å². The average Bonchev–Trinajstić information content (AvgIpc) is 2.98. The molecule has 0 spiro atoms. The molecule has 0 bridgehead atoms. The van der Waals surface area contributed by atoms with Gasteiger partial charge in [0.2, 0.25) is 0 Å². The van der Waals surface area contributed by atoms with Crippen LogP contribution in [0.25, 0.3) is 22.6 Å². The molecule has 4 heterocycles. The molecule has 0 N–H and O–H groups in total. The van der Waals surface area contributed by atoms with E-state index in [4.69, 9.17) is 0 Å². The SMILES string of the molecule is Cc1cc(C)nc(-n2ncc3c2ncn2nc(C)nc32)n1. The zero-order chi connectivity index (χ0) is 14.6. The highest BCUT2D eigenvalue weighted by Gasteiger charge is 2.14. The quantitative estimate of drug-likeness (QED) is 0.520. The molecule has 4 aromatic heterocycles. The number of hydrogen-bond donors (Lipinski definition) is 0. The van der Waals surface area contributed by atoms with E-state index in [1.165, 1.54) is 0 Å². The van der Waals surface area contributed by atoms with E-state index >= 15 is 0 Å². The van der Waals surface area contributed by atoms with Crippen molar-refractivity contribution in [1.82, 2.24) is 39.3 Å². The molecule has 8 heteroatoms. The molecule has 0 aliphatic carbocycles. The summed E-state index contributed by atoms with van der Waals surface area (Å²) in [5.41, 5.74) is 3.18. The molecule has 0 radical (unpaired) electrons. The summed E-state index contributed by atoms with van der Waals surface area (Å²) in [7, 11) is 0. The van der Waals surface area contributed by atoms with Crippen molar-refractivity contribution in [3.05, 3.63) is 35.8 Å². The van der Waals surface area contributed by atoms with Crippen LogP contribution in [0.1, 0.15) is 17.2 Å². The van der Waals surface area contributed by atoms with Gasteiger partial charge >= 0.3 is 0 Å². The van der Waals surface area contributed by atoms with Crippen LogP contribution in [0.15, 0.2) is 18.6 Å². The Kier molecular flexibility index (Phi) is 2.29. The molecule has 0 unspecified atom stereocenters. The topological polar surface area (TPSA) is 86.7 Å². The predicted octanol–water partition coefficient (Wildman–Crippen LogP) is 1.18. The number of nitrogens with zero attached hydrogens (tertiary/aromatic N) is 8. The van der Waals surface area contributed by atoms with Crippen LogP contribution in [-0.4, -0.2) is 39.3 Å². The van der Waals surface area contributed by atoms with Gasteiger partial charge in [-0.25, -0.2) is 24.5 Å². The second-order valence-electron chi connectivity index (χ2n) is 4.92. The van der Waals surface area contributed by atoms with Gasteiger partial charge in [0.15, 0.2) is 11.3 Å². The molecule has 0 saturated heterocycles. The number of aromatic nitrogens is 8. The molecule has 0 fully saturated rings. The number of hydrogen-bond acceptors (Lipinski definition) is 6. The van der Waals surface area contributed by atoms with Gasteiger partial charge in [0.05, 0.1) is 11.6 Å². The van der Waals surface area contributed by atoms with E-state index in [9.17, 15) is 0 Å². The van der Waals surface area contributed by atoms with Crippen molar-refractivity contribution < 1.29 is 0 Å². The lowest BCUT2D eigenvalue weighted by molar-refractivity contribution is 0.804. The molecule has 0 aromatic carbocycles. The van der Waals surface area contributed by atoms with E-state index in [2.05, 4.69) is 30.1 Å². The third-order valence-corrected chi connectivity index (χ3v) is 3.17. The fourth-order valence-electron chi connectivity index (χ4n) is 2.38. The monoisotopic (exact) mass is 280 g/mol. The molecule has 8 nitrogen and oxygen atoms in total. The van der Waals surface area contributed by atoms with Crippen LogP contribution in [0.2, 0.25) is 0 Å². The summed E-state index contributed by atoms with van der Waals surface area (Å²) in [5, 5.41) is 9.42. The third-order valence-electron chi connectivity index (χ3n) is 3.17. The maximum atomic E-state index is 4.42. The summed E-state index contributed by atoms with van der Waals surface area (Å²) in [6, 6.07) is 1.92. The Morgan fingerprint density at radius 1 is 0.952 bits per heavy atom. The van der Waals surface area contributed by atoms with E-state index in [0.717, 1.165) is 22.4 Å². The highest BCUT2D eigenvalue weighted by molar-refractivity contribution is 5.88. The molecule has 0 amide bonds. The molecule has 21 heavy (non-hydrogen) atoms. The van der Waals surface area contributed by atoms with Gasteiger partial charge in [0.25, 0.3) is 5.95 Å². The van der Waals surface area contributed by atoms with Crippen LogP contribution in [0.4, 0.5) is 0 Å². The van der Waals surface area contributed by atoms with E-state index in [1.54, 1.807) is 21.7 Å². The van der Waals surface area contributed by atoms with Crippen LogP contribution in [-0.2, 0) is 0 Å². The molecule has 104 valence electrons. The Labute approximate surface area is 119 Å². The van der Waals surface area contributed by atoms with Crippen molar-refractivity contribution in [3.8, 4) is 5.95 Å². The van der Waals surface area contributed by atoms with E-state index in [-0.39, 0.29) is 0 Å². The molecule has 4 aromatic rings. The predicted molar refractivity (Wildman–Crippen MR) is 75.2 cm³/mol. The van der Waals surface area contributed by atoms with E-state index in [0.29, 0.717) is 17.4 Å². The number of rotatable bonds is 1. The summed E-state index contributed by atoms with van der Waals surface area (Å²) in [5.74, 6) is 1.20. The zero-order valence-corrected chi connectivity index (χ0v) is 11.8. The Morgan fingerprint density at radius 2 is 1.71 bits per heavy atom. The van der Waals surface area contributed by atoms with Crippen molar-refractivity contribution in [1.29, 1.82) is 0 Å². The lowest BCUT2D eigenvalue weighted by Crippen LogP contribution is -2.06. The Morgan fingerprint density at radius 3 is 2.48 bits per heavy atom. The molecule has 0 aliphatic heterocycles. The standard InChI is InChI=1S/C13H12N8/c1-7-4-8(2)17-13(16-7)21-11-10(5-15-21)12-18-9(3)19-20(12)6-14-11/h4-6H,1-3H3. The second kappa shape index (κ2) is 4.05. The smallest absolute Gasteiger partial charge is 0.216 e. The van der Waals surface area contributed by atoms with Gasteiger partial charge in [-0.2, -0.15) is 14.9 Å². The van der Waals surface area contributed by atoms with Gasteiger partial charge in [-0.1, -0.05) is 0 Å². The summed E-state index contributed by atoms with van der Waals surface area (Å²) >= 11 is 0. The lowest BCUT2D eigenvalue weighted by Gasteiger charge is -2.03. The molecular formula is C13H12N8. The van der Waals surface area contributed by atoms with Crippen molar-refractivity contribution in [2.75, 3.05) is 0 Å². The lowest BCUT2D eigenvalue weighted by atomic mass is 10.3. The van der Waals surface area contributed by atoms with Crippen LogP contribution in [0.3, 0.4) is 0 Å². The fourth-order valence-corrected chi connectivity index (χ4v) is 2.38. The zero-order valence-electron chi connectivity index (χ0n) is 11.8. The maximum Gasteiger partial charge on any atom is 0.252 e. The molecule has 0 aliphatic rings. The van der Waals surface area contributed by atoms with E-state index < -0.39 is 0 Å². The molecule has 0 atom stereocenters. The molecule has 0 saturated carbocycles. The Balaban J connectivity index is 2.03. The first-order chi connectivity index (χ1) is 10.1. The summed E-state index contributed by atoms with van der Waals surface area (Å²) in [4.78, 5) is 17.6. The first-order valence-corrected chi connectivity index (χ1v) is 6.50. The average molecular weight is 280 g/mol. The molecule has 4 rings (SSSR count). The van der Waals surface area contributed by atoms with Crippen molar-refractivity contribution in [3.63, 3.8) is 0 Å². The van der Waals surface area contributed by atoms with Crippen LogP contribution >= 0.6 is 0 Å². The summed E-state index contributed by atoms with van der Waals surface area (Å²) in [6.45, 7) is 5.70. The number of fused-ring (bicyclic) bond motifs is 3. The first kappa shape index (κ1) is 11.9. The van der Waals surface area contributed by atoms with E-state index in [1.807, 2.05) is 26.8 Å². The van der Waals surface area contributed by atoms with Crippen molar-refractivity contribution >= 4 is 16.7 Å².